The molecule has 2 aliphatic rings. The number of hydrogen-bond acceptors (Lipinski definition) is 4. The van der Waals surface area contributed by atoms with Gasteiger partial charge in [0.1, 0.15) is 18.0 Å². The molecule has 1 atom stereocenters. The van der Waals surface area contributed by atoms with Crippen LogP contribution >= 0.6 is 0 Å². The van der Waals surface area contributed by atoms with E-state index in [0.717, 1.165) is 30.9 Å². The van der Waals surface area contributed by atoms with Crippen LogP contribution in [0.2, 0.25) is 0 Å². The summed E-state index contributed by atoms with van der Waals surface area (Å²) in [6, 6.07) is 2.44. The van der Waals surface area contributed by atoms with E-state index in [2.05, 4.69) is 32.5 Å². The summed E-state index contributed by atoms with van der Waals surface area (Å²) in [5, 5.41) is 0. The van der Waals surface area contributed by atoms with Crippen LogP contribution in [0.25, 0.3) is 0 Å². The minimum Gasteiger partial charge on any atom is -0.346 e. The van der Waals surface area contributed by atoms with Gasteiger partial charge in [-0.15, -0.1) is 0 Å². The second-order valence-electron chi connectivity index (χ2n) is 6.50. The Labute approximate surface area is 131 Å². The number of aryl methyl sites for hydroxylation is 2. The van der Waals surface area contributed by atoms with Gasteiger partial charge in [-0.1, -0.05) is 0 Å². The third-order valence-electron chi connectivity index (χ3n) is 5.04. The Morgan fingerprint density at radius 2 is 2.00 bits per heavy atom. The predicted molar refractivity (Wildman–Crippen MR) is 85.9 cm³/mol. The minimum absolute atomic E-state index is 0.352. The van der Waals surface area contributed by atoms with E-state index < -0.39 is 0 Å². The quantitative estimate of drug-likeness (QED) is 0.855. The Bertz CT molecular complexity index is 690. The van der Waals surface area contributed by atoms with Crippen molar-refractivity contribution >= 4 is 5.82 Å². The third kappa shape index (κ3) is 2.19. The molecule has 4 rings (SSSR count). The maximum absolute atomic E-state index is 5.01. The number of fused-ring (bicyclic) bond motifs is 1. The Morgan fingerprint density at radius 3 is 2.82 bits per heavy atom. The van der Waals surface area contributed by atoms with Gasteiger partial charge in [-0.3, -0.25) is 0 Å². The van der Waals surface area contributed by atoms with E-state index in [9.17, 15) is 0 Å². The zero-order valence-corrected chi connectivity index (χ0v) is 13.4. The molecule has 1 saturated heterocycles. The van der Waals surface area contributed by atoms with E-state index in [-0.39, 0.29) is 0 Å². The molecule has 1 aliphatic carbocycles. The Balaban J connectivity index is 1.71. The molecule has 0 saturated carbocycles. The standard InChI is InChI=1S/C17H23N5/c1-12-10-16(19-11-18-12)22-9-5-8-15(22)17-20-13-6-3-4-7-14(13)21(17)2/h10-11,15H,3-9H2,1-2H3/t15-/m1/s1. The first-order valence-corrected chi connectivity index (χ1v) is 8.33. The molecule has 0 bridgehead atoms. The Kier molecular flexibility index (Phi) is 3.36. The van der Waals surface area contributed by atoms with Gasteiger partial charge in [0.25, 0.3) is 0 Å². The Hall–Kier alpha value is -1.91. The summed E-state index contributed by atoms with van der Waals surface area (Å²) in [6.07, 6.45) is 8.93. The van der Waals surface area contributed by atoms with Crippen molar-refractivity contribution in [2.24, 2.45) is 7.05 Å². The van der Waals surface area contributed by atoms with Crippen LogP contribution < -0.4 is 4.90 Å². The molecule has 5 heteroatoms. The van der Waals surface area contributed by atoms with E-state index in [1.54, 1.807) is 6.33 Å². The molecule has 0 N–H and O–H groups in total. The van der Waals surface area contributed by atoms with E-state index in [4.69, 9.17) is 4.98 Å². The molecule has 116 valence electrons. The van der Waals surface area contributed by atoms with Crippen molar-refractivity contribution in [3.05, 3.63) is 35.3 Å². The lowest BCUT2D eigenvalue weighted by atomic mass is 10.0. The number of rotatable bonds is 2. The smallest absolute Gasteiger partial charge is 0.132 e. The highest BCUT2D eigenvalue weighted by Gasteiger charge is 2.32. The van der Waals surface area contributed by atoms with Crippen LogP contribution in [0.4, 0.5) is 5.82 Å². The van der Waals surface area contributed by atoms with Crippen molar-refractivity contribution in [2.75, 3.05) is 11.4 Å². The average molecular weight is 297 g/mol. The lowest BCUT2D eigenvalue weighted by molar-refractivity contribution is 0.606. The van der Waals surface area contributed by atoms with Crippen molar-refractivity contribution in [1.29, 1.82) is 0 Å². The van der Waals surface area contributed by atoms with Crippen molar-refractivity contribution in [3.8, 4) is 0 Å². The summed E-state index contributed by atoms with van der Waals surface area (Å²) in [6.45, 7) is 3.08. The maximum atomic E-state index is 5.01. The largest absolute Gasteiger partial charge is 0.346 e. The summed E-state index contributed by atoms with van der Waals surface area (Å²) in [4.78, 5) is 16.1. The molecule has 1 aliphatic heterocycles. The molecule has 0 radical (unpaired) electrons. The maximum Gasteiger partial charge on any atom is 0.132 e. The highest BCUT2D eigenvalue weighted by atomic mass is 15.3. The van der Waals surface area contributed by atoms with Gasteiger partial charge < -0.3 is 9.47 Å². The topological polar surface area (TPSA) is 46.8 Å². The Morgan fingerprint density at radius 1 is 1.14 bits per heavy atom. The van der Waals surface area contributed by atoms with Gasteiger partial charge in [-0.05, 0) is 45.4 Å². The van der Waals surface area contributed by atoms with E-state index in [0.29, 0.717) is 6.04 Å². The van der Waals surface area contributed by atoms with Crippen LogP contribution in [0.1, 0.15) is 54.6 Å². The van der Waals surface area contributed by atoms with Gasteiger partial charge in [0, 0.05) is 31.0 Å². The van der Waals surface area contributed by atoms with Crippen LogP contribution in [-0.4, -0.2) is 26.1 Å². The number of nitrogens with zero attached hydrogens (tertiary/aromatic N) is 5. The fraction of sp³-hybridized carbons (Fsp3) is 0.588. The molecular formula is C17H23N5. The molecule has 0 amide bonds. The van der Waals surface area contributed by atoms with E-state index in [1.165, 1.54) is 42.9 Å². The van der Waals surface area contributed by atoms with Crippen LogP contribution in [0, 0.1) is 6.92 Å². The highest BCUT2D eigenvalue weighted by molar-refractivity contribution is 5.43. The summed E-state index contributed by atoms with van der Waals surface area (Å²) in [7, 11) is 2.19. The molecule has 2 aromatic heterocycles. The SMILES string of the molecule is Cc1cc(N2CCC[C@@H]2c2nc3c(n2C)CCCC3)ncn1. The summed E-state index contributed by atoms with van der Waals surface area (Å²) in [5.74, 6) is 2.26. The van der Waals surface area contributed by atoms with Gasteiger partial charge >= 0.3 is 0 Å². The molecule has 0 unspecified atom stereocenters. The second-order valence-corrected chi connectivity index (χ2v) is 6.50. The molecular weight excluding hydrogens is 274 g/mol. The van der Waals surface area contributed by atoms with E-state index in [1.807, 2.05) is 6.92 Å². The average Bonchev–Trinajstić information content (AvgIpc) is 3.12. The predicted octanol–water partition coefficient (Wildman–Crippen LogP) is 2.74. The first kappa shape index (κ1) is 13.7. The fourth-order valence-corrected chi connectivity index (χ4v) is 3.91. The summed E-state index contributed by atoms with van der Waals surface area (Å²) >= 11 is 0. The molecule has 3 heterocycles. The van der Waals surface area contributed by atoms with Crippen molar-refractivity contribution in [3.63, 3.8) is 0 Å². The van der Waals surface area contributed by atoms with Crippen LogP contribution in [-0.2, 0) is 19.9 Å². The fourth-order valence-electron chi connectivity index (χ4n) is 3.91. The first-order valence-electron chi connectivity index (χ1n) is 8.33. The van der Waals surface area contributed by atoms with Gasteiger partial charge in [0.05, 0.1) is 11.7 Å². The third-order valence-corrected chi connectivity index (χ3v) is 5.04. The second kappa shape index (κ2) is 5.38. The van der Waals surface area contributed by atoms with Crippen LogP contribution in [0.3, 0.4) is 0 Å². The minimum atomic E-state index is 0.352. The van der Waals surface area contributed by atoms with Crippen LogP contribution in [0.5, 0.6) is 0 Å². The summed E-state index contributed by atoms with van der Waals surface area (Å²) in [5.41, 5.74) is 3.80. The monoisotopic (exact) mass is 297 g/mol. The van der Waals surface area contributed by atoms with Crippen molar-refractivity contribution in [2.45, 2.75) is 51.5 Å². The normalized spacial score (nSPS) is 21.2. The van der Waals surface area contributed by atoms with Gasteiger partial charge in [0.15, 0.2) is 0 Å². The van der Waals surface area contributed by atoms with Gasteiger partial charge in [0.2, 0.25) is 0 Å². The molecule has 1 fully saturated rings. The lowest BCUT2D eigenvalue weighted by Crippen LogP contribution is -2.26. The molecule has 0 spiro atoms. The van der Waals surface area contributed by atoms with Crippen molar-refractivity contribution in [1.82, 2.24) is 19.5 Å². The number of aromatic nitrogens is 4. The molecule has 5 nitrogen and oxygen atoms in total. The van der Waals surface area contributed by atoms with Crippen molar-refractivity contribution < 1.29 is 0 Å². The van der Waals surface area contributed by atoms with Gasteiger partial charge in [-0.2, -0.15) is 0 Å². The van der Waals surface area contributed by atoms with E-state index >= 15 is 0 Å². The summed E-state index contributed by atoms with van der Waals surface area (Å²) < 4.78 is 2.35. The molecule has 0 aromatic carbocycles. The number of anilines is 1. The van der Waals surface area contributed by atoms with Gasteiger partial charge in [-0.25, -0.2) is 15.0 Å². The van der Waals surface area contributed by atoms with Crippen LogP contribution in [0.15, 0.2) is 12.4 Å². The number of hydrogen-bond donors (Lipinski definition) is 0. The first-order chi connectivity index (χ1) is 10.7. The lowest BCUT2D eigenvalue weighted by Gasteiger charge is -2.25. The zero-order chi connectivity index (χ0) is 15.1. The molecule has 2 aromatic rings. The molecule has 22 heavy (non-hydrogen) atoms. The zero-order valence-electron chi connectivity index (χ0n) is 13.4. The number of imidazole rings is 1. The highest BCUT2D eigenvalue weighted by Crippen LogP contribution is 2.36.